The number of anilines is 1. The van der Waals surface area contributed by atoms with Crippen LogP contribution < -0.4 is 10.6 Å². The maximum atomic E-state index is 11.9. The first kappa shape index (κ1) is 26.6. The zero-order valence-corrected chi connectivity index (χ0v) is 21.5. The van der Waals surface area contributed by atoms with E-state index in [0.717, 1.165) is 42.8 Å². The van der Waals surface area contributed by atoms with Crippen LogP contribution in [0.1, 0.15) is 55.8 Å². The number of rotatable bonds is 9. The van der Waals surface area contributed by atoms with Crippen molar-refractivity contribution in [1.29, 1.82) is 0 Å². The van der Waals surface area contributed by atoms with Crippen LogP contribution in [0.15, 0.2) is 48.5 Å². The summed E-state index contributed by atoms with van der Waals surface area (Å²) in [7, 11) is 1.76. The summed E-state index contributed by atoms with van der Waals surface area (Å²) in [5.74, 6) is 0.128. The minimum Gasteiger partial charge on any atom is -0.392 e. The minimum atomic E-state index is -0.532. The highest BCUT2D eigenvalue weighted by molar-refractivity contribution is 5.89. The van der Waals surface area contributed by atoms with E-state index in [4.69, 9.17) is 14.2 Å². The Balaban J connectivity index is 1.55. The summed E-state index contributed by atoms with van der Waals surface area (Å²) in [5.41, 5.74) is 3.56. The predicted octanol–water partition coefficient (Wildman–Crippen LogP) is 4.22. The van der Waals surface area contributed by atoms with E-state index in [1.54, 1.807) is 7.11 Å². The van der Waals surface area contributed by atoms with Gasteiger partial charge in [-0.25, -0.2) is 4.79 Å². The number of carbonyl (C=O) groups excluding carboxylic acids is 1. The topological polar surface area (TPSA) is 92.3 Å². The number of nitrogens with one attached hydrogen (secondary N) is 2. The van der Waals surface area contributed by atoms with Gasteiger partial charge in [0.2, 0.25) is 0 Å². The first-order chi connectivity index (χ1) is 17.5. The number of carbonyl (C=O) groups is 1. The molecule has 2 amide bonds. The van der Waals surface area contributed by atoms with Crippen molar-refractivity contribution >= 4 is 11.7 Å². The van der Waals surface area contributed by atoms with Crippen molar-refractivity contribution in [2.24, 2.45) is 5.92 Å². The van der Waals surface area contributed by atoms with Crippen molar-refractivity contribution in [3.8, 4) is 0 Å². The van der Waals surface area contributed by atoms with Crippen molar-refractivity contribution in [2.75, 3.05) is 38.7 Å². The lowest BCUT2D eigenvalue weighted by Crippen LogP contribution is -2.46. The van der Waals surface area contributed by atoms with Crippen molar-refractivity contribution in [1.82, 2.24) is 10.2 Å². The second kappa shape index (κ2) is 12.7. The fraction of sp³-hybridized carbons (Fsp3) is 0.536. The van der Waals surface area contributed by atoms with Crippen LogP contribution in [0.2, 0.25) is 0 Å². The smallest absolute Gasteiger partial charge is 0.319 e. The lowest BCUT2D eigenvalue weighted by Gasteiger charge is -2.43. The molecule has 4 rings (SSSR count). The number of methoxy groups -OCH3 is 1. The number of aliphatic hydroxyl groups is 1. The third kappa shape index (κ3) is 6.44. The SMILES string of the molecule is CCNC(=O)Nc1ccc([C@H]2O[C@@H](CN3CCC[C@H]3COC)[C@@H](C)[C@@H](c3ccc(CO)cc3)O2)cc1. The van der Waals surface area contributed by atoms with E-state index in [0.29, 0.717) is 18.3 Å². The van der Waals surface area contributed by atoms with Gasteiger partial charge in [-0.3, -0.25) is 4.90 Å². The monoisotopic (exact) mass is 497 g/mol. The number of hydrogen-bond donors (Lipinski definition) is 3. The Kier molecular flexibility index (Phi) is 9.34. The first-order valence-corrected chi connectivity index (χ1v) is 12.9. The molecule has 0 saturated carbocycles. The Morgan fingerprint density at radius 3 is 2.50 bits per heavy atom. The Hall–Kier alpha value is -2.49. The molecule has 2 aliphatic rings. The molecule has 2 aromatic carbocycles. The number of likely N-dealkylation sites (tertiary alicyclic amines) is 1. The highest BCUT2D eigenvalue weighted by atomic mass is 16.7. The van der Waals surface area contributed by atoms with Crippen LogP contribution in [-0.2, 0) is 20.8 Å². The number of nitrogens with zero attached hydrogens (tertiary/aromatic N) is 1. The molecule has 2 saturated heterocycles. The molecule has 0 aromatic heterocycles. The molecule has 2 fully saturated rings. The van der Waals surface area contributed by atoms with E-state index in [2.05, 4.69) is 22.5 Å². The molecule has 2 aliphatic heterocycles. The van der Waals surface area contributed by atoms with Crippen molar-refractivity contribution in [3.05, 3.63) is 65.2 Å². The standard InChI is InChI=1S/C28H39N3O5/c1-4-29-28(33)30-23-13-11-22(12-14-23)27-35-25(16-31-15-5-6-24(31)18-34-3)19(2)26(36-27)21-9-7-20(17-32)8-10-21/h7-14,19,24-27,32H,4-6,15-18H2,1-3H3,(H2,29,30,33)/t19-,24+,25+,26+,27+/m1/s1. The normalized spacial score (nSPS) is 26.6. The maximum absolute atomic E-state index is 11.9. The molecule has 0 aliphatic carbocycles. The molecule has 5 atom stereocenters. The molecule has 0 unspecified atom stereocenters. The fourth-order valence-corrected chi connectivity index (χ4v) is 5.14. The third-order valence-electron chi connectivity index (χ3n) is 7.17. The molecule has 2 aromatic rings. The van der Waals surface area contributed by atoms with Crippen LogP contribution in [0.3, 0.4) is 0 Å². The second-order valence-electron chi connectivity index (χ2n) is 9.67. The minimum absolute atomic E-state index is 0.0161. The Morgan fingerprint density at radius 1 is 1.11 bits per heavy atom. The van der Waals surface area contributed by atoms with Crippen LogP contribution in [0.4, 0.5) is 10.5 Å². The molecule has 3 N–H and O–H groups in total. The van der Waals surface area contributed by atoms with Gasteiger partial charge >= 0.3 is 6.03 Å². The zero-order chi connectivity index (χ0) is 25.5. The van der Waals surface area contributed by atoms with E-state index < -0.39 is 6.29 Å². The average molecular weight is 498 g/mol. The molecule has 0 bridgehead atoms. The number of ether oxygens (including phenoxy) is 3. The molecule has 8 heteroatoms. The first-order valence-electron chi connectivity index (χ1n) is 12.9. The van der Waals surface area contributed by atoms with E-state index in [9.17, 15) is 9.90 Å². The van der Waals surface area contributed by atoms with Crippen molar-refractivity contribution < 1.29 is 24.1 Å². The van der Waals surface area contributed by atoms with Gasteiger partial charge in [-0.1, -0.05) is 43.3 Å². The van der Waals surface area contributed by atoms with Crippen molar-refractivity contribution in [3.63, 3.8) is 0 Å². The highest BCUT2D eigenvalue weighted by Gasteiger charge is 2.40. The molecular formula is C28H39N3O5. The number of aliphatic hydroxyl groups excluding tert-OH is 1. The number of urea groups is 1. The molecule has 8 nitrogen and oxygen atoms in total. The highest BCUT2D eigenvalue weighted by Crippen LogP contribution is 2.42. The Labute approximate surface area is 213 Å². The molecule has 0 radical (unpaired) electrons. The summed E-state index contributed by atoms with van der Waals surface area (Å²) in [5, 5.41) is 15.0. The van der Waals surface area contributed by atoms with E-state index in [1.165, 1.54) is 6.42 Å². The van der Waals surface area contributed by atoms with Crippen molar-refractivity contribution in [2.45, 2.75) is 57.8 Å². The lowest BCUT2D eigenvalue weighted by molar-refractivity contribution is -0.276. The van der Waals surface area contributed by atoms with Gasteiger partial charge in [0.25, 0.3) is 0 Å². The zero-order valence-electron chi connectivity index (χ0n) is 21.5. The molecule has 36 heavy (non-hydrogen) atoms. The second-order valence-corrected chi connectivity index (χ2v) is 9.67. The summed E-state index contributed by atoms with van der Waals surface area (Å²) in [6.07, 6.45) is 1.59. The van der Waals surface area contributed by atoms with E-state index in [1.807, 2.05) is 55.5 Å². The third-order valence-corrected chi connectivity index (χ3v) is 7.17. The van der Waals surface area contributed by atoms with E-state index in [-0.39, 0.29) is 30.8 Å². The molecule has 0 spiro atoms. The number of amides is 2. The molecule has 196 valence electrons. The van der Waals surface area contributed by atoms with Crippen LogP contribution in [0.25, 0.3) is 0 Å². The summed E-state index contributed by atoms with van der Waals surface area (Å²) in [4.78, 5) is 14.3. The molecular weight excluding hydrogens is 458 g/mol. The number of hydrogen-bond acceptors (Lipinski definition) is 6. The van der Waals surface area contributed by atoms with Gasteiger partial charge in [0.1, 0.15) is 0 Å². The maximum Gasteiger partial charge on any atom is 0.319 e. The van der Waals surface area contributed by atoms with Crippen LogP contribution in [0, 0.1) is 5.92 Å². The van der Waals surface area contributed by atoms with Gasteiger partial charge in [0, 0.05) is 43.4 Å². The Bertz CT molecular complexity index is 968. The molecule has 2 heterocycles. The van der Waals surface area contributed by atoms with E-state index >= 15 is 0 Å². The average Bonchev–Trinajstić information content (AvgIpc) is 3.33. The van der Waals surface area contributed by atoms with Gasteiger partial charge in [0.15, 0.2) is 6.29 Å². The van der Waals surface area contributed by atoms with Gasteiger partial charge in [-0.05, 0) is 49.6 Å². The van der Waals surface area contributed by atoms with Crippen LogP contribution in [-0.4, -0.2) is 61.5 Å². The van der Waals surface area contributed by atoms with Gasteiger partial charge in [-0.2, -0.15) is 0 Å². The summed E-state index contributed by atoms with van der Waals surface area (Å²) < 4.78 is 18.6. The largest absolute Gasteiger partial charge is 0.392 e. The van der Waals surface area contributed by atoms with Crippen LogP contribution >= 0.6 is 0 Å². The number of benzene rings is 2. The predicted molar refractivity (Wildman–Crippen MR) is 139 cm³/mol. The summed E-state index contributed by atoms with van der Waals surface area (Å²) in [6.45, 7) is 7.24. The van der Waals surface area contributed by atoms with Gasteiger partial charge in [0.05, 0.1) is 25.4 Å². The Morgan fingerprint density at radius 2 is 1.83 bits per heavy atom. The quantitative estimate of drug-likeness (QED) is 0.480. The van der Waals surface area contributed by atoms with Crippen LogP contribution in [0.5, 0.6) is 0 Å². The summed E-state index contributed by atoms with van der Waals surface area (Å²) in [6, 6.07) is 15.8. The van der Waals surface area contributed by atoms with Gasteiger partial charge < -0.3 is 30.0 Å². The summed E-state index contributed by atoms with van der Waals surface area (Å²) >= 11 is 0. The lowest BCUT2D eigenvalue weighted by atomic mass is 9.90. The van der Waals surface area contributed by atoms with Gasteiger partial charge in [-0.15, -0.1) is 0 Å². The fourth-order valence-electron chi connectivity index (χ4n) is 5.14.